The first kappa shape index (κ1) is 24.4. The van der Waals surface area contributed by atoms with E-state index in [0.29, 0.717) is 0 Å². The number of carboxylic acid groups (broad SMARTS) is 1. The summed E-state index contributed by atoms with van der Waals surface area (Å²) in [7, 11) is 0. The van der Waals surface area contributed by atoms with Crippen LogP contribution in [0.3, 0.4) is 0 Å². The van der Waals surface area contributed by atoms with Gasteiger partial charge in [-0.2, -0.15) is 13.2 Å². The van der Waals surface area contributed by atoms with E-state index in [1.54, 1.807) is 0 Å². The predicted octanol–water partition coefficient (Wildman–Crippen LogP) is 4.65. The molecule has 0 unspecified atom stereocenters. The Hall–Kier alpha value is -1.59. The molecular weight excluding hydrogens is 343 g/mol. The molecular formula is C20H32F3NO2. The van der Waals surface area contributed by atoms with Crippen molar-refractivity contribution < 1.29 is 28.1 Å². The van der Waals surface area contributed by atoms with E-state index < -0.39 is 12.1 Å². The summed E-state index contributed by atoms with van der Waals surface area (Å²) in [6.07, 6.45) is 15.8. The minimum Gasteiger partial charge on any atom is -0.542 e. The Morgan fingerprint density at radius 1 is 0.885 bits per heavy atom. The lowest BCUT2D eigenvalue weighted by Gasteiger charge is -2.03. The Morgan fingerprint density at radius 3 is 1.65 bits per heavy atom. The van der Waals surface area contributed by atoms with E-state index in [1.807, 2.05) is 12.4 Å². The fourth-order valence-corrected chi connectivity index (χ4v) is 2.58. The number of H-pyrrole nitrogens is 1. The van der Waals surface area contributed by atoms with Crippen LogP contribution < -0.4 is 10.1 Å². The largest absolute Gasteiger partial charge is 0.542 e. The van der Waals surface area contributed by atoms with Crippen LogP contribution in [-0.2, 0) is 11.2 Å². The first-order chi connectivity index (χ1) is 12.4. The number of nitrogens with one attached hydrogen (secondary N) is 1. The number of halogens is 3. The minimum absolute atomic E-state index is 1.24. The van der Waals surface area contributed by atoms with Gasteiger partial charge in [-0.25, -0.2) is 4.98 Å². The van der Waals surface area contributed by atoms with E-state index in [4.69, 9.17) is 9.90 Å². The van der Waals surface area contributed by atoms with Crippen LogP contribution in [0.4, 0.5) is 13.2 Å². The normalized spacial score (nSPS) is 10.9. The Balaban J connectivity index is 0.000000758. The molecule has 6 heteroatoms. The predicted molar refractivity (Wildman–Crippen MR) is 94.2 cm³/mol. The molecule has 0 bridgehead atoms. The van der Waals surface area contributed by atoms with Gasteiger partial charge in [-0.3, -0.25) is 0 Å². The van der Waals surface area contributed by atoms with E-state index >= 15 is 0 Å². The van der Waals surface area contributed by atoms with Crippen LogP contribution >= 0.6 is 0 Å². The summed E-state index contributed by atoms with van der Waals surface area (Å²) in [6.45, 7) is 2.29. The van der Waals surface area contributed by atoms with Gasteiger partial charge in [0.15, 0.2) is 12.4 Å². The molecule has 1 N–H and O–H groups in total. The number of carbonyl (C=O) groups is 1. The molecule has 26 heavy (non-hydrogen) atoms. The van der Waals surface area contributed by atoms with Gasteiger partial charge < -0.3 is 9.90 Å². The smallest absolute Gasteiger partial charge is 0.430 e. The van der Waals surface area contributed by atoms with Crippen molar-refractivity contribution in [3.8, 4) is 0 Å². The molecule has 1 heterocycles. The van der Waals surface area contributed by atoms with Gasteiger partial charge in [0.2, 0.25) is 0 Å². The molecule has 0 saturated carbocycles. The molecule has 0 aliphatic rings. The van der Waals surface area contributed by atoms with Crippen molar-refractivity contribution in [2.45, 2.75) is 90.1 Å². The molecule has 0 amide bonds. The first-order valence-electron chi connectivity index (χ1n) is 9.61. The van der Waals surface area contributed by atoms with Gasteiger partial charge in [-0.15, -0.1) is 0 Å². The zero-order valence-electron chi connectivity index (χ0n) is 15.7. The second-order valence-corrected chi connectivity index (χ2v) is 6.48. The van der Waals surface area contributed by atoms with Crippen molar-refractivity contribution >= 4 is 5.97 Å². The van der Waals surface area contributed by atoms with E-state index in [9.17, 15) is 13.2 Å². The maximum atomic E-state index is 10.5. The monoisotopic (exact) mass is 375 g/mol. The quantitative estimate of drug-likeness (QED) is 0.499. The highest BCUT2D eigenvalue weighted by atomic mass is 19.4. The first-order valence-corrected chi connectivity index (χ1v) is 9.61. The fraction of sp³-hybridized carbons (Fsp3) is 0.700. The molecule has 1 aromatic rings. The van der Waals surface area contributed by atoms with Gasteiger partial charge in [-0.05, 0) is 18.4 Å². The van der Waals surface area contributed by atoms with Gasteiger partial charge in [0.25, 0.3) is 0 Å². The zero-order valence-corrected chi connectivity index (χ0v) is 15.7. The second kappa shape index (κ2) is 15.6. The van der Waals surface area contributed by atoms with E-state index in [-0.39, 0.29) is 0 Å². The van der Waals surface area contributed by atoms with Crippen LogP contribution in [0.15, 0.2) is 24.5 Å². The van der Waals surface area contributed by atoms with Gasteiger partial charge in [0.1, 0.15) is 5.97 Å². The lowest BCUT2D eigenvalue weighted by Crippen LogP contribution is -2.37. The average Bonchev–Trinajstić information content (AvgIpc) is 2.60. The van der Waals surface area contributed by atoms with Crippen molar-refractivity contribution in [2.24, 2.45) is 0 Å². The third-order valence-electron chi connectivity index (χ3n) is 4.09. The van der Waals surface area contributed by atoms with Crippen LogP contribution in [-0.4, -0.2) is 12.1 Å². The Bertz CT molecular complexity index is 450. The number of carboxylic acids is 1. The number of pyridine rings is 1. The van der Waals surface area contributed by atoms with Crippen LogP contribution in [0, 0.1) is 0 Å². The molecule has 0 radical (unpaired) electrons. The summed E-state index contributed by atoms with van der Waals surface area (Å²) >= 11 is 0. The highest BCUT2D eigenvalue weighted by Gasteiger charge is 2.28. The number of aliphatic carboxylic acids is 1. The van der Waals surface area contributed by atoms with Crippen LogP contribution in [0.5, 0.6) is 0 Å². The number of aromatic nitrogens is 1. The Labute approximate surface area is 155 Å². The standard InChI is InChI=1S/C18H31N.C2HF3O2/c1-2-3-4-5-6-7-8-9-10-11-12-13-18-14-16-19-17-15-18;3-2(4,5)1(6)7/h14-17H,2-13H2,1H3;(H,6,7). The van der Waals surface area contributed by atoms with Gasteiger partial charge >= 0.3 is 6.18 Å². The summed E-state index contributed by atoms with van der Waals surface area (Å²) in [6, 6.07) is 4.38. The third-order valence-corrected chi connectivity index (χ3v) is 4.09. The Morgan fingerprint density at radius 2 is 1.27 bits per heavy atom. The summed E-state index contributed by atoms with van der Waals surface area (Å²) in [5.41, 5.74) is 1.47. The maximum absolute atomic E-state index is 10.5. The maximum Gasteiger partial charge on any atom is 0.430 e. The van der Waals surface area contributed by atoms with E-state index in [2.05, 4.69) is 24.0 Å². The number of hydrogen-bond acceptors (Lipinski definition) is 2. The van der Waals surface area contributed by atoms with E-state index in [1.165, 1.54) is 82.6 Å². The molecule has 0 atom stereocenters. The van der Waals surface area contributed by atoms with Crippen molar-refractivity contribution in [3.05, 3.63) is 30.1 Å². The molecule has 0 aliphatic carbocycles. The summed E-state index contributed by atoms with van der Waals surface area (Å²) < 4.78 is 31.5. The number of unbranched alkanes of at least 4 members (excludes halogenated alkanes) is 10. The third kappa shape index (κ3) is 15.9. The number of rotatable bonds is 12. The summed E-state index contributed by atoms with van der Waals surface area (Å²) in [5.74, 6) is -3.01. The second-order valence-electron chi connectivity index (χ2n) is 6.48. The van der Waals surface area contributed by atoms with Gasteiger partial charge in [0, 0.05) is 12.1 Å². The highest BCUT2D eigenvalue weighted by molar-refractivity contribution is 5.70. The fourth-order valence-electron chi connectivity index (χ4n) is 2.58. The van der Waals surface area contributed by atoms with Crippen molar-refractivity contribution in [2.75, 3.05) is 0 Å². The number of alkyl halides is 3. The topological polar surface area (TPSA) is 54.3 Å². The Kier molecular flexibility index (Phi) is 14.7. The lowest BCUT2D eigenvalue weighted by atomic mass is 10.0. The number of carbonyl (C=O) groups excluding carboxylic acids is 1. The molecule has 0 aliphatic heterocycles. The molecule has 3 nitrogen and oxygen atoms in total. The van der Waals surface area contributed by atoms with Crippen LogP contribution in [0.2, 0.25) is 0 Å². The zero-order chi connectivity index (χ0) is 19.7. The number of aryl methyl sites for hydroxylation is 1. The molecule has 150 valence electrons. The molecule has 0 spiro atoms. The molecule has 1 aromatic heterocycles. The van der Waals surface area contributed by atoms with Crippen LogP contribution in [0.25, 0.3) is 0 Å². The van der Waals surface area contributed by atoms with Crippen LogP contribution in [0.1, 0.15) is 83.1 Å². The number of aromatic amines is 1. The van der Waals surface area contributed by atoms with E-state index in [0.717, 1.165) is 0 Å². The molecule has 0 fully saturated rings. The molecule has 0 aromatic carbocycles. The van der Waals surface area contributed by atoms with Gasteiger partial charge in [-0.1, -0.05) is 71.1 Å². The molecule has 1 rings (SSSR count). The average molecular weight is 375 g/mol. The summed E-state index contributed by atoms with van der Waals surface area (Å²) in [4.78, 5) is 11.9. The lowest BCUT2D eigenvalue weighted by molar-refractivity contribution is -0.378. The van der Waals surface area contributed by atoms with Gasteiger partial charge in [0.05, 0.1) is 0 Å². The van der Waals surface area contributed by atoms with Crippen molar-refractivity contribution in [1.82, 2.24) is 0 Å². The number of hydrogen-bond donors (Lipinski definition) is 0. The highest BCUT2D eigenvalue weighted by Crippen LogP contribution is 2.12. The minimum atomic E-state index is -5.19. The summed E-state index contributed by atoms with van der Waals surface area (Å²) in [5, 5.41) is 8.78. The van der Waals surface area contributed by atoms with Crippen molar-refractivity contribution in [3.63, 3.8) is 0 Å². The SMILES string of the molecule is CCCCCCCCCCCCCc1cc[nH+]cc1.O=C([O-])C(F)(F)F. The molecule has 0 saturated heterocycles. The van der Waals surface area contributed by atoms with Crippen molar-refractivity contribution in [1.29, 1.82) is 0 Å².